The molecule has 2 nitrogen and oxygen atoms in total. The molecule has 1 aromatic carbocycles. The summed E-state index contributed by atoms with van der Waals surface area (Å²) in [6.45, 7) is 8.46. The van der Waals surface area contributed by atoms with Crippen LogP contribution in [0.1, 0.15) is 32.3 Å². The van der Waals surface area contributed by atoms with Gasteiger partial charge < -0.3 is 5.32 Å². The zero-order chi connectivity index (χ0) is 15.4. The maximum Gasteiger partial charge on any atom is 0.0652 e. The van der Waals surface area contributed by atoms with E-state index in [-0.39, 0.29) is 0 Å². The quantitative estimate of drug-likeness (QED) is 0.764. The highest BCUT2D eigenvalue weighted by Gasteiger charge is 2.23. The second-order valence-electron chi connectivity index (χ2n) is 6.13. The Morgan fingerprint density at radius 2 is 1.76 bits per heavy atom. The Hall–Kier alpha value is 0.01000. The van der Waals surface area contributed by atoms with Gasteiger partial charge in [-0.05, 0) is 44.0 Å². The lowest BCUT2D eigenvalue weighted by molar-refractivity contribution is 0.137. The monoisotopic (exact) mass is 348 g/mol. The molecule has 5 heteroatoms. The molecule has 0 radical (unpaired) electrons. The summed E-state index contributed by atoms with van der Waals surface area (Å²) in [4.78, 5) is 2.51. The molecule has 1 aliphatic heterocycles. The Labute approximate surface area is 142 Å². The summed E-state index contributed by atoms with van der Waals surface area (Å²) in [5.41, 5.74) is 0.949. The number of halogens is 3. The molecule has 1 aromatic rings. The molecular formula is C16H23Cl3N2. The molecule has 1 fully saturated rings. The molecule has 0 atom stereocenters. The van der Waals surface area contributed by atoms with E-state index in [0.29, 0.717) is 27.0 Å². The molecule has 0 aliphatic carbocycles. The van der Waals surface area contributed by atoms with Crippen LogP contribution in [0.15, 0.2) is 12.1 Å². The summed E-state index contributed by atoms with van der Waals surface area (Å²) in [7, 11) is 0. The Morgan fingerprint density at radius 3 is 2.38 bits per heavy atom. The molecule has 0 unspecified atom stereocenters. The van der Waals surface area contributed by atoms with Gasteiger partial charge in [0.25, 0.3) is 0 Å². The topological polar surface area (TPSA) is 15.3 Å². The average molecular weight is 350 g/mol. The summed E-state index contributed by atoms with van der Waals surface area (Å²) < 4.78 is 0. The lowest BCUT2D eigenvalue weighted by Gasteiger charge is -2.36. The van der Waals surface area contributed by atoms with Crippen molar-refractivity contribution in [2.75, 3.05) is 19.6 Å². The van der Waals surface area contributed by atoms with Crippen molar-refractivity contribution in [2.45, 2.75) is 39.3 Å². The predicted octanol–water partition coefficient (Wildman–Crippen LogP) is 4.86. The molecule has 0 saturated carbocycles. The number of hydrogen-bond acceptors (Lipinski definition) is 2. The molecule has 0 spiro atoms. The molecule has 0 amide bonds. The Balaban J connectivity index is 2.20. The average Bonchev–Trinajstić information content (AvgIpc) is 2.47. The van der Waals surface area contributed by atoms with Gasteiger partial charge in [-0.1, -0.05) is 48.7 Å². The number of nitrogens with zero attached hydrogens (tertiary/aromatic N) is 1. The summed E-state index contributed by atoms with van der Waals surface area (Å²) in [5.74, 6) is 0.608. The Morgan fingerprint density at radius 1 is 1.14 bits per heavy atom. The van der Waals surface area contributed by atoms with Gasteiger partial charge in [-0.25, -0.2) is 0 Å². The van der Waals surface area contributed by atoms with Gasteiger partial charge in [0.1, 0.15) is 0 Å². The minimum Gasteiger partial charge on any atom is -0.317 e. The summed E-state index contributed by atoms with van der Waals surface area (Å²) >= 11 is 18.8. The first-order chi connectivity index (χ1) is 9.99. The van der Waals surface area contributed by atoms with E-state index in [4.69, 9.17) is 34.8 Å². The molecule has 1 N–H and O–H groups in total. The first-order valence-electron chi connectivity index (χ1n) is 7.56. The van der Waals surface area contributed by atoms with E-state index in [0.717, 1.165) is 31.7 Å². The zero-order valence-electron chi connectivity index (χ0n) is 12.6. The van der Waals surface area contributed by atoms with E-state index in [9.17, 15) is 0 Å². The fraction of sp³-hybridized carbons (Fsp3) is 0.625. The minimum absolute atomic E-state index is 0.575. The third kappa shape index (κ3) is 4.74. The van der Waals surface area contributed by atoms with Gasteiger partial charge in [0.05, 0.1) is 10.0 Å². The number of nitrogens with one attached hydrogen (secondary N) is 1. The van der Waals surface area contributed by atoms with Crippen LogP contribution in [0, 0.1) is 5.92 Å². The largest absolute Gasteiger partial charge is 0.317 e. The van der Waals surface area contributed by atoms with Gasteiger partial charge >= 0.3 is 0 Å². The van der Waals surface area contributed by atoms with Crippen molar-refractivity contribution in [3.05, 3.63) is 32.8 Å². The predicted molar refractivity (Wildman–Crippen MR) is 92.6 cm³/mol. The molecule has 21 heavy (non-hydrogen) atoms. The maximum absolute atomic E-state index is 6.36. The van der Waals surface area contributed by atoms with Crippen LogP contribution in [-0.2, 0) is 6.54 Å². The van der Waals surface area contributed by atoms with E-state index >= 15 is 0 Å². The normalized spacial score (nSPS) is 16.9. The van der Waals surface area contributed by atoms with E-state index in [1.807, 2.05) is 6.07 Å². The van der Waals surface area contributed by atoms with Crippen molar-refractivity contribution in [2.24, 2.45) is 5.92 Å². The molecule has 1 saturated heterocycles. The molecule has 118 valence electrons. The molecule has 1 aliphatic rings. The van der Waals surface area contributed by atoms with E-state index in [1.165, 1.54) is 12.8 Å². The van der Waals surface area contributed by atoms with Crippen LogP contribution >= 0.6 is 34.8 Å². The van der Waals surface area contributed by atoms with Crippen molar-refractivity contribution in [3.8, 4) is 0 Å². The van der Waals surface area contributed by atoms with Crippen LogP contribution in [0.25, 0.3) is 0 Å². The molecule has 1 heterocycles. The highest BCUT2D eigenvalue weighted by Crippen LogP contribution is 2.33. The second kappa shape index (κ2) is 8.03. The summed E-state index contributed by atoms with van der Waals surface area (Å²) in [5, 5.41) is 5.28. The van der Waals surface area contributed by atoms with Crippen LogP contribution in [-0.4, -0.2) is 30.6 Å². The number of piperidine rings is 1. The van der Waals surface area contributed by atoms with Crippen LogP contribution in [0.5, 0.6) is 0 Å². The summed E-state index contributed by atoms with van der Waals surface area (Å²) in [6.07, 6.45) is 2.34. The van der Waals surface area contributed by atoms with Crippen molar-refractivity contribution in [1.82, 2.24) is 10.2 Å². The standard InChI is InChI=1S/C16H23Cl3N2/c1-11(2)9-21(12-5-7-20-8-6-12)10-13-14(17)3-4-15(18)16(13)19/h3-4,11-12,20H,5-10H2,1-2H3. The maximum atomic E-state index is 6.36. The SMILES string of the molecule is CC(C)CN(Cc1c(Cl)ccc(Cl)c1Cl)C1CCNCC1. The van der Waals surface area contributed by atoms with Crippen molar-refractivity contribution in [3.63, 3.8) is 0 Å². The lowest BCUT2D eigenvalue weighted by Crippen LogP contribution is -2.44. The van der Waals surface area contributed by atoms with Crippen LogP contribution < -0.4 is 5.32 Å². The van der Waals surface area contributed by atoms with Gasteiger partial charge in [-0.2, -0.15) is 0 Å². The third-order valence-corrected chi connectivity index (χ3v) is 5.12. The van der Waals surface area contributed by atoms with Crippen LogP contribution in [0.2, 0.25) is 15.1 Å². The second-order valence-corrected chi connectivity index (χ2v) is 7.32. The van der Waals surface area contributed by atoms with Gasteiger partial charge in [-0.15, -0.1) is 0 Å². The first kappa shape index (κ1) is 17.4. The molecule has 0 bridgehead atoms. The number of benzene rings is 1. The fourth-order valence-electron chi connectivity index (χ4n) is 2.90. The van der Waals surface area contributed by atoms with Gasteiger partial charge in [-0.3, -0.25) is 4.90 Å². The minimum atomic E-state index is 0.575. The fourth-order valence-corrected chi connectivity index (χ4v) is 3.57. The molecule has 2 rings (SSSR count). The third-order valence-electron chi connectivity index (χ3n) is 3.92. The van der Waals surface area contributed by atoms with Gasteiger partial charge in [0, 0.05) is 29.7 Å². The van der Waals surface area contributed by atoms with E-state index in [2.05, 4.69) is 24.1 Å². The van der Waals surface area contributed by atoms with Crippen molar-refractivity contribution >= 4 is 34.8 Å². The Bertz CT molecular complexity index is 471. The highest BCUT2D eigenvalue weighted by molar-refractivity contribution is 6.44. The Kier molecular flexibility index (Phi) is 6.64. The highest BCUT2D eigenvalue weighted by atomic mass is 35.5. The number of hydrogen-bond donors (Lipinski definition) is 1. The lowest BCUT2D eigenvalue weighted by atomic mass is 10.0. The smallest absolute Gasteiger partial charge is 0.0652 e. The van der Waals surface area contributed by atoms with E-state index in [1.54, 1.807) is 6.07 Å². The van der Waals surface area contributed by atoms with Crippen molar-refractivity contribution in [1.29, 1.82) is 0 Å². The molecular weight excluding hydrogens is 327 g/mol. The van der Waals surface area contributed by atoms with Crippen molar-refractivity contribution < 1.29 is 0 Å². The van der Waals surface area contributed by atoms with Gasteiger partial charge in [0.2, 0.25) is 0 Å². The van der Waals surface area contributed by atoms with Gasteiger partial charge in [0.15, 0.2) is 0 Å². The van der Waals surface area contributed by atoms with E-state index < -0.39 is 0 Å². The zero-order valence-corrected chi connectivity index (χ0v) is 14.9. The number of rotatable bonds is 5. The first-order valence-corrected chi connectivity index (χ1v) is 8.69. The summed E-state index contributed by atoms with van der Waals surface area (Å²) in [6, 6.07) is 4.17. The van der Waals surface area contributed by atoms with Crippen LogP contribution in [0.3, 0.4) is 0 Å². The van der Waals surface area contributed by atoms with Crippen LogP contribution in [0.4, 0.5) is 0 Å². The molecule has 0 aromatic heterocycles.